The third-order valence-electron chi connectivity index (χ3n) is 4.93. The SMILES string of the molecule is CCC(CC(=O)O)C1CC(=O)c2c(cc3cccc(O)c3c2O)C1=O. The number of fused-ring (bicyclic) bond motifs is 2. The van der Waals surface area contributed by atoms with Crippen LogP contribution < -0.4 is 0 Å². The smallest absolute Gasteiger partial charge is 0.303 e. The molecule has 0 amide bonds. The average Bonchev–Trinajstić information content (AvgIpc) is 2.55. The van der Waals surface area contributed by atoms with E-state index in [1.165, 1.54) is 12.1 Å². The zero-order chi connectivity index (χ0) is 18.3. The number of phenolic OH excluding ortho intramolecular Hbond substituents is 2. The Morgan fingerprint density at radius 3 is 2.64 bits per heavy atom. The highest BCUT2D eigenvalue weighted by molar-refractivity contribution is 6.20. The van der Waals surface area contributed by atoms with Crippen molar-refractivity contribution in [3.05, 3.63) is 35.4 Å². The van der Waals surface area contributed by atoms with Crippen LogP contribution in [0.25, 0.3) is 10.8 Å². The van der Waals surface area contributed by atoms with Crippen molar-refractivity contribution in [2.24, 2.45) is 11.8 Å². The fourth-order valence-corrected chi connectivity index (χ4v) is 3.66. The van der Waals surface area contributed by atoms with E-state index in [-0.39, 0.29) is 40.9 Å². The maximum Gasteiger partial charge on any atom is 0.303 e. The van der Waals surface area contributed by atoms with Crippen molar-refractivity contribution in [3.63, 3.8) is 0 Å². The maximum atomic E-state index is 12.9. The van der Waals surface area contributed by atoms with Crippen LogP contribution in [0.5, 0.6) is 11.5 Å². The van der Waals surface area contributed by atoms with Crippen molar-refractivity contribution < 1.29 is 29.7 Å². The molecule has 1 aliphatic carbocycles. The number of hydrogen-bond acceptors (Lipinski definition) is 5. The van der Waals surface area contributed by atoms with Gasteiger partial charge in [-0.3, -0.25) is 14.4 Å². The Morgan fingerprint density at radius 2 is 2.00 bits per heavy atom. The summed E-state index contributed by atoms with van der Waals surface area (Å²) in [5.41, 5.74) is 0.0149. The lowest BCUT2D eigenvalue weighted by molar-refractivity contribution is -0.138. The summed E-state index contributed by atoms with van der Waals surface area (Å²) in [6.45, 7) is 1.79. The van der Waals surface area contributed by atoms with Crippen LogP contribution in [0.2, 0.25) is 0 Å². The number of carbonyl (C=O) groups is 3. The Kier molecular flexibility index (Phi) is 4.20. The van der Waals surface area contributed by atoms with Gasteiger partial charge in [0.25, 0.3) is 0 Å². The first-order valence-electron chi connectivity index (χ1n) is 8.12. The molecule has 0 aliphatic heterocycles. The van der Waals surface area contributed by atoms with E-state index in [1.807, 2.05) is 0 Å². The second-order valence-corrected chi connectivity index (χ2v) is 6.39. The highest BCUT2D eigenvalue weighted by Crippen LogP contribution is 2.43. The molecule has 2 atom stereocenters. The summed E-state index contributed by atoms with van der Waals surface area (Å²) in [6, 6.07) is 6.09. The topological polar surface area (TPSA) is 112 Å². The normalized spacial score (nSPS) is 18.2. The molecular formula is C19H18O6. The van der Waals surface area contributed by atoms with Gasteiger partial charge in [-0.2, -0.15) is 0 Å². The van der Waals surface area contributed by atoms with Crippen molar-refractivity contribution >= 4 is 28.3 Å². The van der Waals surface area contributed by atoms with E-state index in [9.17, 15) is 24.6 Å². The van der Waals surface area contributed by atoms with Gasteiger partial charge in [0.2, 0.25) is 0 Å². The number of aromatic hydroxyl groups is 2. The van der Waals surface area contributed by atoms with Crippen molar-refractivity contribution in [3.8, 4) is 11.5 Å². The fraction of sp³-hybridized carbons (Fsp3) is 0.316. The lowest BCUT2D eigenvalue weighted by atomic mass is 9.72. The number of ketones is 2. The summed E-state index contributed by atoms with van der Waals surface area (Å²) >= 11 is 0. The Morgan fingerprint density at radius 1 is 1.28 bits per heavy atom. The highest BCUT2D eigenvalue weighted by atomic mass is 16.4. The molecule has 0 fully saturated rings. The largest absolute Gasteiger partial charge is 0.507 e. The average molecular weight is 342 g/mol. The second-order valence-electron chi connectivity index (χ2n) is 6.39. The molecule has 1 aliphatic rings. The Balaban J connectivity index is 2.16. The first-order valence-corrected chi connectivity index (χ1v) is 8.12. The minimum Gasteiger partial charge on any atom is -0.507 e. The van der Waals surface area contributed by atoms with E-state index in [0.717, 1.165) is 0 Å². The molecule has 2 unspecified atom stereocenters. The van der Waals surface area contributed by atoms with Crippen LogP contribution in [0.1, 0.15) is 46.9 Å². The van der Waals surface area contributed by atoms with E-state index >= 15 is 0 Å². The van der Waals surface area contributed by atoms with Gasteiger partial charge >= 0.3 is 5.97 Å². The quantitative estimate of drug-likeness (QED) is 0.787. The molecule has 0 aromatic heterocycles. The zero-order valence-corrected chi connectivity index (χ0v) is 13.7. The standard InChI is InChI=1S/C19H18O6/c1-2-9(7-15(22)23)11-8-14(21)17-12(18(11)24)6-10-4-3-5-13(20)16(10)19(17)25/h3-6,9,11,20,25H,2,7-8H2,1H3,(H,22,23). The Bertz CT molecular complexity index is 898. The van der Waals surface area contributed by atoms with Gasteiger partial charge in [-0.15, -0.1) is 0 Å². The number of Topliss-reactive ketones (excluding diaryl/α,β-unsaturated/α-hetero) is 2. The predicted octanol–water partition coefficient (Wildman–Crippen LogP) is 3.14. The number of benzene rings is 2. The molecule has 0 saturated carbocycles. The summed E-state index contributed by atoms with van der Waals surface area (Å²) in [6.07, 6.45) is 0.145. The Hall–Kier alpha value is -2.89. The number of phenols is 2. The van der Waals surface area contributed by atoms with Gasteiger partial charge in [0.15, 0.2) is 11.6 Å². The van der Waals surface area contributed by atoms with Crippen LogP contribution in [-0.4, -0.2) is 32.9 Å². The summed E-state index contributed by atoms with van der Waals surface area (Å²) in [7, 11) is 0. The van der Waals surface area contributed by atoms with E-state index in [1.54, 1.807) is 19.1 Å². The van der Waals surface area contributed by atoms with Crippen molar-refractivity contribution in [2.45, 2.75) is 26.2 Å². The monoisotopic (exact) mass is 342 g/mol. The predicted molar refractivity (Wildman–Crippen MR) is 90.1 cm³/mol. The summed E-state index contributed by atoms with van der Waals surface area (Å²) in [5.74, 6) is -3.47. The third kappa shape index (κ3) is 2.73. The number of carboxylic acid groups (broad SMARTS) is 1. The molecule has 130 valence electrons. The second kappa shape index (κ2) is 6.20. The molecule has 0 radical (unpaired) electrons. The number of rotatable bonds is 4. The summed E-state index contributed by atoms with van der Waals surface area (Å²) in [4.78, 5) is 36.5. The lowest BCUT2D eigenvalue weighted by Gasteiger charge is -2.29. The van der Waals surface area contributed by atoms with Gasteiger partial charge in [0.05, 0.1) is 10.9 Å². The first-order chi connectivity index (χ1) is 11.8. The molecule has 3 rings (SSSR count). The van der Waals surface area contributed by atoms with E-state index in [2.05, 4.69) is 0 Å². The molecule has 2 aromatic carbocycles. The van der Waals surface area contributed by atoms with Gasteiger partial charge in [0, 0.05) is 24.3 Å². The number of carboxylic acids is 1. The molecule has 3 N–H and O–H groups in total. The van der Waals surface area contributed by atoms with Crippen molar-refractivity contribution in [1.29, 1.82) is 0 Å². The molecular weight excluding hydrogens is 324 g/mol. The van der Waals surface area contributed by atoms with Gasteiger partial charge in [-0.25, -0.2) is 0 Å². The molecule has 0 spiro atoms. The lowest BCUT2D eigenvalue weighted by Crippen LogP contribution is -2.33. The van der Waals surface area contributed by atoms with Crippen LogP contribution in [0, 0.1) is 11.8 Å². The third-order valence-corrected chi connectivity index (χ3v) is 4.93. The van der Waals surface area contributed by atoms with Gasteiger partial charge in [-0.05, 0) is 23.4 Å². The van der Waals surface area contributed by atoms with Crippen LogP contribution in [0.15, 0.2) is 24.3 Å². The summed E-state index contributed by atoms with van der Waals surface area (Å²) in [5, 5.41) is 30.1. The molecule has 6 heteroatoms. The summed E-state index contributed by atoms with van der Waals surface area (Å²) < 4.78 is 0. The fourth-order valence-electron chi connectivity index (χ4n) is 3.66. The highest BCUT2D eigenvalue weighted by Gasteiger charge is 2.39. The first kappa shape index (κ1) is 17.0. The van der Waals surface area contributed by atoms with Crippen LogP contribution >= 0.6 is 0 Å². The van der Waals surface area contributed by atoms with E-state index in [0.29, 0.717) is 11.8 Å². The molecule has 0 bridgehead atoms. The number of carbonyl (C=O) groups excluding carboxylic acids is 2. The Labute approximate surface area is 143 Å². The molecule has 0 heterocycles. The zero-order valence-electron chi connectivity index (χ0n) is 13.7. The van der Waals surface area contributed by atoms with Gasteiger partial charge in [-0.1, -0.05) is 25.5 Å². The van der Waals surface area contributed by atoms with Crippen LogP contribution in [0.4, 0.5) is 0 Å². The molecule has 0 saturated heterocycles. The van der Waals surface area contributed by atoms with Crippen LogP contribution in [-0.2, 0) is 4.79 Å². The minimum atomic E-state index is -1.01. The molecule has 6 nitrogen and oxygen atoms in total. The van der Waals surface area contributed by atoms with Gasteiger partial charge in [0.1, 0.15) is 11.5 Å². The number of hydrogen-bond donors (Lipinski definition) is 3. The van der Waals surface area contributed by atoms with E-state index in [4.69, 9.17) is 5.11 Å². The molecule has 25 heavy (non-hydrogen) atoms. The van der Waals surface area contributed by atoms with Crippen LogP contribution in [0.3, 0.4) is 0 Å². The van der Waals surface area contributed by atoms with Crippen molar-refractivity contribution in [1.82, 2.24) is 0 Å². The molecule has 2 aromatic rings. The van der Waals surface area contributed by atoms with Crippen molar-refractivity contribution in [2.75, 3.05) is 0 Å². The number of aliphatic carboxylic acids is 1. The van der Waals surface area contributed by atoms with E-state index < -0.39 is 29.3 Å². The maximum absolute atomic E-state index is 12.9. The minimum absolute atomic E-state index is 0.0829. The van der Waals surface area contributed by atoms with Gasteiger partial charge < -0.3 is 15.3 Å².